The molecular weight excluding hydrogens is 308 g/mol. The van der Waals surface area contributed by atoms with Gasteiger partial charge in [0.05, 0.1) is 0 Å². The average molecular weight is 338 g/mol. The quantitative estimate of drug-likeness (QED) is 0.794. The van der Waals surface area contributed by atoms with Crippen molar-refractivity contribution >= 4 is 5.91 Å². The summed E-state index contributed by atoms with van der Waals surface area (Å²) < 4.78 is 0. The fourth-order valence-corrected chi connectivity index (χ4v) is 3.08. The minimum Gasteiger partial charge on any atom is -0.348 e. The van der Waals surface area contributed by atoms with Crippen molar-refractivity contribution in [2.24, 2.45) is 5.92 Å². The number of carbonyl (C=O) groups is 1. The van der Waals surface area contributed by atoms with Crippen LogP contribution in [-0.4, -0.2) is 37.5 Å². The van der Waals surface area contributed by atoms with Gasteiger partial charge < -0.3 is 10.2 Å². The molecule has 0 fully saturated rings. The van der Waals surface area contributed by atoms with Gasteiger partial charge in [0.15, 0.2) is 0 Å². The van der Waals surface area contributed by atoms with E-state index in [1.165, 1.54) is 11.1 Å². The fourth-order valence-electron chi connectivity index (χ4n) is 3.08. The molecule has 0 heterocycles. The van der Waals surface area contributed by atoms with Gasteiger partial charge in [-0.1, -0.05) is 56.3 Å². The number of nitrogens with zero attached hydrogens (tertiary/aromatic N) is 1. The molecule has 1 atom stereocenters. The van der Waals surface area contributed by atoms with Crippen molar-refractivity contribution in [2.75, 3.05) is 20.6 Å². The summed E-state index contributed by atoms with van der Waals surface area (Å²) in [6.07, 6.45) is 1.82. The Morgan fingerprint density at radius 3 is 2.28 bits per heavy atom. The van der Waals surface area contributed by atoms with Crippen LogP contribution in [0.5, 0.6) is 0 Å². The highest BCUT2D eigenvalue weighted by atomic mass is 16.1. The number of benzene rings is 2. The van der Waals surface area contributed by atoms with E-state index >= 15 is 0 Å². The molecule has 0 spiro atoms. The Hall–Kier alpha value is -2.13. The number of rotatable bonds is 8. The summed E-state index contributed by atoms with van der Waals surface area (Å²) in [4.78, 5) is 14.8. The van der Waals surface area contributed by atoms with Crippen LogP contribution in [0.15, 0.2) is 54.6 Å². The van der Waals surface area contributed by atoms with Crippen molar-refractivity contribution < 1.29 is 4.79 Å². The third-order valence-corrected chi connectivity index (χ3v) is 4.08. The first-order chi connectivity index (χ1) is 11.9. The van der Waals surface area contributed by atoms with E-state index in [4.69, 9.17) is 0 Å². The molecule has 0 aliphatic rings. The predicted octanol–water partition coefficient (Wildman–Crippen LogP) is 3.79. The Morgan fingerprint density at radius 2 is 1.64 bits per heavy atom. The summed E-state index contributed by atoms with van der Waals surface area (Å²) in [7, 11) is 4.07. The maximum absolute atomic E-state index is 12.7. The molecule has 3 heteroatoms. The number of likely N-dealkylation sites (N-methyl/N-ethyl adjacent to an activating group) is 1. The molecule has 2 aromatic rings. The van der Waals surface area contributed by atoms with Gasteiger partial charge >= 0.3 is 0 Å². The SMILES string of the molecule is CC(C)Cc1cccc(C(=O)N[C@H](Cc2ccccc2)CN(C)C)c1. The number of carbonyl (C=O) groups excluding carboxylic acids is 1. The molecule has 1 amide bonds. The van der Waals surface area contributed by atoms with E-state index in [1.807, 2.05) is 50.5 Å². The van der Waals surface area contributed by atoms with Gasteiger partial charge in [-0.15, -0.1) is 0 Å². The lowest BCUT2D eigenvalue weighted by Crippen LogP contribution is -2.43. The van der Waals surface area contributed by atoms with Gasteiger partial charge in [0.25, 0.3) is 5.91 Å². The summed E-state index contributed by atoms with van der Waals surface area (Å²) >= 11 is 0. The maximum Gasteiger partial charge on any atom is 0.251 e. The predicted molar refractivity (Wildman–Crippen MR) is 105 cm³/mol. The molecule has 0 radical (unpaired) electrons. The average Bonchev–Trinajstić information content (AvgIpc) is 2.54. The van der Waals surface area contributed by atoms with Crippen molar-refractivity contribution in [3.8, 4) is 0 Å². The van der Waals surface area contributed by atoms with E-state index in [9.17, 15) is 4.79 Å². The Bertz CT molecular complexity index is 665. The zero-order valence-corrected chi connectivity index (χ0v) is 15.8. The first kappa shape index (κ1) is 19.2. The van der Waals surface area contributed by atoms with Gasteiger partial charge in [-0.3, -0.25) is 4.79 Å². The molecule has 2 aromatic carbocycles. The molecule has 0 unspecified atom stereocenters. The van der Waals surface area contributed by atoms with Crippen LogP contribution in [0.25, 0.3) is 0 Å². The smallest absolute Gasteiger partial charge is 0.251 e. The first-order valence-electron chi connectivity index (χ1n) is 9.02. The lowest BCUT2D eigenvalue weighted by atomic mass is 10.0. The van der Waals surface area contributed by atoms with Crippen molar-refractivity contribution in [3.63, 3.8) is 0 Å². The normalized spacial score (nSPS) is 12.4. The Morgan fingerprint density at radius 1 is 0.960 bits per heavy atom. The van der Waals surface area contributed by atoms with Crippen LogP contribution < -0.4 is 5.32 Å². The molecule has 1 N–H and O–H groups in total. The van der Waals surface area contributed by atoms with Gasteiger partial charge in [-0.05, 0) is 56.1 Å². The van der Waals surface area contributed by atoms with Gasteiger partial charge in [-0.25, -0.2) is 0 Å². The van der Waals surface area contributed by atoms with Crippen LogP contribution in [0.1, 0.15) is 35.3 Å². The van der Waals surface area contributed by atoms with Crippen LogP contribution in [-0.2, 0) is 12.8 Å². The van der Waals surface area contributed by atoms with E-state index < -0.39 is 0 Å². The van der Waals surface area contributed by atoms with Crippen molar-refractivity contribution in [3.05, 3.63) is 71.3 Å². The first-order valence-corrected chi connectivity index (χ1v) is 9.02. The van der Waals surface area contributed by atoms with Crippen molar-refractivity contribution in [1.82, 2.24) is 10.2 Å². The molecule has 25 heavy (non-hydrogen) atoms. The van der Waals surface area contributed by atoms with Crippen LogP contribution in [0.3, 0.4) is 0 Å². The van der Waals surface area contributed by atoms with Gasteiger partial charge in [-0.2, -0.15) is 0 Å². The highest BCUT2D eigenvalue weighted by molar-refractivity contribution is 5.94. The molecule has 0 aliphatic heterocycles. The van der Waals surface area contributed by atoms with Crippen LogP contribution in [0, 0.1) is 5.92 Å². The Balaban J connectivity index is 2.08. The minimum atomic E-state index is 0.00777. The highest BCUT2D eigenvalue weighted by Gasteiger charge is 2.16. The highest BCUT2D eigenvalue weighted by Crippen LogP contribution is 2.11. The number of nitrogens with one attached hydrogen (secondary N) is 1. The zero-order valence-electron chi connectivity index (χ0n) is 15.8. The molecule has 3 nitrogen and oxygen atoms in total. The van der Waals surface area contributed by atoms with Crippen LogP contribution in [0.4, 0.5) is 0 Å². The van der Waals surface area contributed by atoms with Crippen molar-refractivity contribution in [2.45, 2.75) is 32.7 Å². The maximum atomic E-state index is 12.7. The second kappa shape index (κ2) is 9.38. The van der Waals surface area contributed by atoms with E-state index in [-0.39, 0.29) is 11.9 Å². The largest absolute Gasteiger partial charge is 0.348 e. The summed E-state index contributed by atoms with van der Waals surface area (Å²) in [6, 6.07) is 18.4. The lowest BCUT2D eigenvalue weighted by Gasteiger charge is -2.23. The van der Waals surface area contributed by atoms with Crippen molar-refractivity contribution in [1.29, 1.82) is 0 Å². The molecule has 134 valence electrons. The summed E-state index contributed by atoms with van der Waals surface area (Å²) in [6.45, 7) is 5.20. The van der Waals surface area contributed by atoms with E-state index in [1.54, 1.807) is 0 Å². The molecule has 0 aromatic heterocycles. The second-order valence-corrected chi connectivity index (χ2v) is 7.42. The number of hydrogen-bond acceptors (Lipinski definition) is 2. The van der Waals surface area contributed by atoms with Gasteiger partial charge in [0.2, 0.25) is 0 Å². The molecule has 0 aliphatic carbocycles. The summed E-state index contributed by atoms with van der Waals surface area (Å²) in [5.74, 6) is 0.589. The third-order valence-electron chi connectivity index (χ3n) is 4.08. The van der Waals surface area contributed by atoms with E-state index in [2.05, 4.69) is 42.3 Å². The van der Waals surface area contributed by atoms with Crippen LogP contribution >= 0.6 is 0 Å². The monoisotopic (exact) mass is 338 g/mol. The molecule has 0 saturated carbocycles. The number of hydrogen-bond donors (Lipinski definition) is 1. The Kier molecular flexibility index (Phi) is 7.20. The summed E-state index contributed by atoms with van der Waals surface area (Å²) in [5.41, 5.74) is 3.20. The standard InChI is InChI=1S/C22H30N2O/c1-17(2)13-19-11-8-12-20(14-19)22(25)23-21(16-24(3)4)15-18-9-6-5-7-10-18/h5-12,14,17,21H,13,15-16H2,1-4H3,(H,23,25)/t21-/m1/s1. The second-order valence-electron chi connectivity index (χ2n) is 7.42. The fraction of sp³-hybridized carbons (Fsp3) is 0.409. The van der Waals surface area contributed by atoms with Crippen LogP contribution in [0.2, 0.25) is 0 Å². The molecular formula is C22H30N2O. The third kappa shape index (κ3) is 6.71. The summed E-state index contributed by atoms with van der Waals surface area (Å²) in [5, 5.41) is 3.21. The topological polar surface area (TPSA) is 32.3 Å². The van der Waals surface area contributed by atoms with Gasteiger partial charge in [0.1, 0.15) is 0 Å². The zero-order chi connectivity index (χ0) is 18.2. The minimum absolute atomic E-state index is 0.00777. The van der Waals surface area contributed by atoms with Gasteiger partial charge in [0, 0.05) is 18.2 Å². The van der Waals surface area contributed by atoms with E-state index in [0.717, 1.165) is 24.9 Å². The Labute approximate surface area is 152 Å². The molecule has 0 saturated heterocycles. The van der Waals surface area contributed by atoms with E-state index in [0.29, 0.717) is 5.92 Å². The molecule has 2 rings (SSSR count). The molecule has 0 bridgehead atoms. The number of amides is 1. The lowest BCUT2D eigenvalue weighted by molar-refractivity contribution is 0.0930.